The van der Waals surface area contributed by atoms with Gasteiger partial charge in [0.2, 0.25) is 0 Å². The molecule has 114 valence electrons. The molecule has 2 aliphatic heterocycles. The molecule has 2 rings (SSSR count). The molecule has 0 aromatic carbocycles. The highest BCUT2D eigenvalue weighted by Gasteiger charge is 2.24. The van der Waals surface area contributed by atoms with Crippen LogP contribution in [0.1, 0.15) is 6.92 Å². The van der Waals surface area contributed by atoms with Gasteiger partial charge >= 0.3 is 0 Å². The van der Waals surface area contributed by atoms with E-state index in [1.54, 1.807) is 0 Å². The summed E-state index contributed by atoms with van der Waals surface area (Å²) in [5, 5.41) is 24.0. The van der Waals surface area contributed by atoms with Gasteiger partial charge < -0.3 is 34.3 Å². The van der Waals surface area contributed by atoms with Crippen molar-refractivity contribution in [3.8, 4) is 0 Å². The molecular formula is C12H24O7. The molecule has 19 heavy (non-hydrogen) atoms. The highest BCUT2D eigenvalue weighted by molar-refractivity contribution is 4.69. The Bertz CT molecular complexity index is 214. The molecule has 2 aliphatic rings. The molecule has 2 fully saturated rings. The van der Waals surface area contributed by atoms with E-state index in [1.165, 1.54) is 0 Å². The zero-order chi connectivity index (χ0) is 14.1. The zero-order valence-electron chi connectivity index (χ0n) is 11.2. The van der Waals surface area contributed by atoms with Crippen molar-refractivity contribution >= 4 is 0 Å². The number of ether oxygens (including phenoxy) is 4. The average molecular weight is 280 g/mol. The molecule has 2 heterocycles. The minimum Gasteiger partial charge on any atom is -0.394 e. The van der Waals surface area contributed by atoms with Crippen LogP contribution < -0.4 is 0 Å². The highest BCUT2D eigenvalue weighted by Crippen LogP contribution is 2.11. The Morgan fingerprint density at radius 2 is 1.63 bits per heavy atom. The van der Waals surface area contributed by atoms with Crippen LogP contribution in [0.15, 0.2) is 0 Å². The van der Waals surface area contributed by atoms with Crippen molar-refractivity contribution in [2.45, 2.75) is 31.3 Å². The standard InChI is InChI=1S/C9H16O4.C3H8O3/c1-7(11-4-9-6-13-9)2-10-3-8-5-12-8;4-1-3(6)2-5/h7-9H,2-6H2,1H3;3-6H,1-2H2. The van der Waals surface area contributed by atoms with E-state index < -0.39 is 6.10 Å². The fraction of sp³-hybridized carbons (Fsp3) is 1.00. The second-order valence-corrected chi connectivity index (χ2v) is 4.61. The second kappa shape index (κ2) is 9.60. The molecule has 0 bridgehead atoms. The van der Waals surface area contributed by atoms with Gasteiger partial charge in [0.15, 0.2) is 0 Å². The van der Waals surface area contributed by atoms with Gasteiger partial charge in [0.05, 0.1) is 52.4 Å². The summed E-state index contributed by atoms with van der Waals surface area (Å²) in [4.78, 5) is 0. The third kappa shape index (κ3) is 10.2. The molecule has 3 N–H and O–H groups in total. The lowest BCUT2D eigenvalue weighted by molar-refractivity contribution is -0.0146. The minimum absolute atomic E-state index is 0.156. The molecule has 2 saturated heterocycles. The second-order valence-electron chi connectivity index (χ2n) is 4.61. The predicted molar refractivity (Wildman–Crippen MR) is 65.9 cm³/mol. The van der Waals surface area contributed by atoms with Crippen LogP contribution in [-0.2, 0) is 18.9 Å². The number of hydrogen-bond donors (Lipinski definition) is 3. The van der Waals surface area contributed by atoms with Gasteiger partial charge in [0, 0.05) is 0 Å². The molecule has 0 aromatic heterocycles. The summed E-state index contributed by atoms with van der Waals surface area (Å²) in [6.07, 6.45) is -0.110. The summed E-state index contributed by atoms with van der Waals surface area (Å²) in [7, 11) is 0. The zero-order valence-corrected chi connectivity index (χ0v) is 11.2. The summed E-state index contributed by atoms with van der Waals surface area (Å²) < 4.78 is 20.9. The number of epoxide rings is 2. The smallest absolute Gasteiger partial charge is 0.104 e. The first-order valence-corrected chi connectivity index (χ1v) is 6.48. The average Bonchev–Trinajstić information content (AvgIpc) is 3.29. The van der Waals surface area contributed by atoms with Crippen LogP contribution in [0.2, 0.25) is 0 Å². The topological polar surface area (TPSA) is 104 Å². The monoisotopic (exact) mass is 280 g/mol. The fourth-order valence-electron chi connectivity index (χ4n) is 1.07. The van der Waals surface area contributed by atoms with Crippen LogP contribution in [0.5, 0.6) is 0 Å². The maximum Gasteiger partial charge on any atom is 0.104 e. The van der Waals surface area contributed by atoms with Crippen molar-refractivity contribution in [2.24, 2.45) is 0 Å². The molecule has 0 aliphatic carbocycles. The Morgan fingerprint density at radius 1 is 1.11 bits per heavy atom. The van der Waals surface area contributed by atoms with E-state index in [4.69, 9.17) is 34.3 Å². The van der Waals surface area contributed by atoms with Crippen LogP contribution in [0, 0.1) is 0 Å². The van der Waals surface area contributed by atoms with E-state index in [0.29, 0.717) is 32.0 Å². The first-order chi connectivity index (χ1) is 9.15. The van der Waals surface area contributed by atoms with Crippen LogP contribution in [0.4, 0.5) is 0 Å². The van der Waals surface area contributed by atoms with Crippen LogP contribution in [0.25, 0.3) is 0 Å². The van der Waals surface area contributed by atoms with Gasteiger partial charge in [0.1, 0.15) is 18.3 Å². The van der Waals surface area contributed by atoms with Crippen molar-refractivity contribution in [2.75, 3.05) is 46.2 Å². The van der Waals surface area contributed by atoms with Crippen LogP contribution in [-0.4, -0.2) is 86.0 Å². The third-order valence-corrected chi connectivity index (χ3v) is 2.45. The first-order valence-electron chi connectivity index (χ1n) is 6.48. The van der Waals surface area contributed by atoms with E-state index in [2.05, 4.69) is 0 Å². The summed E-state index contributed by atoms with van der Waals surface area (Å²) in [6, 6.07) is 0. The van der Waals surface area contributed by atoms with Gasteiger partial charge in [-0.3, -0.25) is 0 Å². The van der Waals surface area contributed by atoms with E-state index in [1.807, 2.05) is 6.92 Å². The van der Waals surface area contributed by atoms with Crippen molar-refractivity contribution < 1.29 is 34.3 Å². The number of rotatable bonds is 9. The summed E-state index contributed by atoms with van der Waals surface area (Å²) in [5.41, 5.74) is 0. The fourth-order valence-corrected chi connectivity index (χ4v) is 1.07. The number of hydrogen-bond acceptors (Lipinski definition) is 7. The molecule has 0 aromatic rings. The molecular weight excluding hydrogens is 256 g/mol. The van der Waals surface area contributed by atoms with Gasteiger partial charge in [-0.1, -0.05) is 0 Å². The van der Waals surface area contributed by atoms with E-state index in [0.717, 1.165) is 13.2 Å². The lowest BCUT2D eigenvalue weighted by Gasteiger charge is -2.11. The Balaban J connectivity index is 0.000000258. The molecule has 0 saturated carbocycles. The van der Waals surface area contributed by atoms with Gasteiger partial charge in [-0.15, -0.1) is 0 Å². The van der Waals surface area contributed by atoms with Gasteiger partial charge in [-0.2, -0.15) is 0 Å². The predicted octanol–water partition coefficient (Wildman–Crippen LogP) is -1.46. The van der Waals surface area contributed by atoms with Crippen molar-refractivity contribution in [1.29, 1.82) is 0 Å². The molecule has 7 nitrogen and oxygen atoms in total. The van der Waals surface area contributed by atoms with Crippen molar-refractivity contribution in [3.63, 3.8) is 0 Å². The third-order valence-electron chi connectivity index (χ3n) is 2.45. The molecule has 0 amide bonds. The van der Waals surface area contributed by atoms with Crippen molar-refractivity contribution in [3.05, 3.63) is 0 Å². The normalized spacial score (nSPS) is 25.7. The van der Waals surface area contributed by atoms with E-state index in [9.17, 15) is 0 Å². The molecule has 3 unspecified atom stereocenters. The summed E-state index contributed by atoms with van der Waals surface area (Å²) >= 11 is 0. The summed E-state index contributed by atoms with van der Waals surface area (Å²) in [6.45, 7) is 5.03. The molecule has 7 heteroatoms. The van der Waals surface area contributed by atoms with Gasteiger partial charge in [-0.05, 0) is 6.92 Å². The van der Waals surface area contributed by atoms with Crippen LogP contribution in [0.3, 0.4) is 0 Å². The first kappa shape index (κ1) is 16.8. The SMILES string of the molecule is CC(COCC1CO1)OCC1CO1.OCC(O)CO. The minimum atomic E-state index is -0.954. The summed E-state index contributed by atoms with van der Waals surface area (Å²) in [5.74, 6) is 0. The van der Waals surface area contributed by atoms with Crippen LogP contribution >= 0.6 is 0 Å². The lowest BCUT2D eigenvalue weighted by atomic mass is 10.4. The Hall–Kier alpha value is -0.280. The highest BCUT2D eigenvalue weighted by atomic mass is 16.6. The quantitative estimate of drug-likeness (QED) is 0.443. The molecule has 0 radical (unpaired) electrons. The van der Waals surface area contributed by atoms with Crippen molar-refractivity contribution in [1.82, 2.24) is 0 Å². The molecule has 0 spiro atoms. The van der Waals surface area contributed by atoms with Gasteiger partial charge in [0.25, 0.3) is 0 Å². The van der Waals surface area contributed by atoms with E-state index in [-0.39, 0.29) is 19.3 Å². The largest absolute Gasteiger partial charge is 0.394 e. The maximum absolute atomic E-state index is 8.17. The maximum atomic E-state index is 8.17. The lowest BCUT2D eigenvalue weighted by Crippen LogP contribution is -2.19. The Kier molecular flexibility index (Phi) is 8.47. The Labute approximate surface area is 113 Å². The van der Waals surface area contributed by atoms with Gasteiger partial charge in [-0.25, -0.2) is 0 Å². The Morgan fingerprint density at radius 3 is 2.05 bits per heavy atom. The number of aliphatic hydroxyl groups is 3. The number of aliphatic hydroxyl groups excluding tert-OH is 3. The molecule has 3 atom stereocenters. The van der Waals surface area contributed by atoms with E-state index >= 15 is 0 Å².